The van der Waals surface area contributed by atoms with Gasteiger partial charge in [0.1, 0.15) is 11.3 Å². The summed E-state index contributed by atoms with van der Waals surface area (Å²) < 4.78 is 5.32. The molecule has 1 saturated heterocycles. The fraction of sp³-hybridized carbons (Fsp3) is 0.619. The van der Waals surface area contributed by atoms with Gasteiger partial charge in [-0.05, 0) is 25.0 Å². The number of nitrogens with zero attached hydrogens (tertiary/aromatic N) is 3. The highest BCUT2D eigenvalue weighted by Crippen LogP contribution is 2.32. The van der Waals surface area contributed by atoms with E-state index in [9.17, 15) is 10.1 Å². The lowest BCUT2D eigenvalue weighted by molar-refractivity contribution is -0.892. The van der Waals surface area contributed by atoms with E-state index >= 15 is 0 Å². The summed E-state index contributed by atoms with van der Waals surface area (Å²) in [6.45, 7) is 4.17. The summed E-state index contributed by atoms with van der Waals surface area (Å²) in [7, 11) is 3.51. The summed E-state index contributed by atoms with van der Waals surface area (Å²) >= 11 is 0. The molecule has 1 aromatic carbocycles. The molecule has 0 bridgehead atoms. The van der Waals surface area contributed by atoms with E-state index in [2.05, 4.69) is 23.1 Å². The first-order chi connectivity index (χ1) is 13.1. The first-order valence-electron chi connectivity index (χ1n) is 9.98. The minimum atomic E-state index is -0.586. The van der Waals surface area contributed by atoms with Gasteiger partial charge in [-0.1, -0.05) is 25.3 Å². The van der Waals surface area contributed by atoms with E-state index in [1.165, 1.54) is 17.0 Å². The SMILES string of the molecule is COc1cccc(N2CC[NH+](CC(=O)N(C)C3(C#N)CCCCC3)CC2)c1. The second-order valence-corrected chi connectivity index (χ2v) is 7.77. The molecule has 1 aromatic rings. The first-order valence-corrected chi connectivity index (χ1v) is 9.98. The van der Waals surface area contributed by atoms with Gasteiger partial charge in [-0.15, -0.1) is 0 Å². The number of hydrogen-bond acceptors (Lipinski definition) is 4. The predicted octanol–water partition coefficient (Wildman–Crippen LogP) is 1.08. The fourth-order valence-corrected chi connectivity index (χ4v) is 4.30. The van der Waals surface area contributed by atoms with Crippen LogP contribution in [0.25, 0.3) is 0 Å². The minimum absolute atomic E-state index is 0.100. The number of amides is 1. The third kappa shape index (κ3) is 4.36. The molecule has 6 nitrogen and oxygen atoms in total. The number of anilines is 1. The molecule has 1 aliphatic heterocycles. The Morgan fingerprint density at radius 3 is 2.63 bits per heavy atom. The van der Waals surface area contributed by atoms with Gasteiger partial charge in [0.15, 0.2) is 6.54 Å². The van der Waals surface area contributed by atoms with Crippen LogP contribution in [0, 0.1) is 11.3 Å². The molecule has 0 aromatic heterocycles. The average Bonchev–Trinajstić information content (AvgIpc) is 2.74. The van der Waals surface area contributed by atoms with Crippen LogP contribution in [-0.2, 0) is 4.79 Å². The number of carbonyl (C=O) groups excluding carboxylic acids is 1. The zero-order valence-corrected chi connectivity index (χ0v) is 16.5. The van der Waals surface area contributed by atoms with Crippen LogP contribution < -0.4 is 14.5 Å². The first kappa shape index (κ1) is 19.5. The zero-order chi connectivity index (χ0) is 19.3. The van der Waals surface area contributed by atoms with Crippen LogP contribution in [0.4, 0.5) is 5.69 Å². The lowest BCUT2D eigenvalue weighted by atomic mass is 9.81. The van der Waals surface area contributed by atoms with E-state index in [4.69, 9.17) is 4.74 Å². The molecule has 27 heavy (non-hydrogen) atoms. The van der Waals surface area contributed by atoms with Crippen molar-refractivity contribution >= 4 is 11.6 Å². The molecule has 3 rings (SSSR count). The standard InChI is InChI=1S/C21H30N4O2/c1-23(21(17-22)9-4-3-5-10-21)20(26)16-24-11-13-25(14-12-24)18-7-6-8-19(15-18)27-2/h6-8,15H,3-5,9-14,16H2,1-2H3/p+1. The van der Waals surface area contributed by atoms with Gasteiger partial charge >= 0.3 is 0 Å². The normalized spacial score (nSPS) is 20.0. The maximum Gasteiger partial charge on any atom is 0.278 e. The van der Waals surface area contributed by atoms with Crippen molar-refractivity contribution in [1.29, 1.82) is 5.26 Å². The molecule has 6 heteroatoms. The summed E-state index contributed by atoms with van der Waals surface area (Å²) in [5.74, 6) is 0.969. The molecule has 0 radical (unpaired) electrons. The number of quaternary nitrogens is 1. The summed E-state index contributed by atoms with van der Waals surface area (Å²) in [6, 6.07) is 10.6. The smallest absolute Gasteiger partial charge is 0.278 e. The van der Waals surface area contributed by atoms with Gasteiger partial charge < -0.3 is 19.4 Å². The van der Waals surface area contributed by atoms with Crippen LogP contribution in [0.3, 0.4) is 0 Å². The van der Waals surface area contributed by atoms with Gasteiger partial charge in [0.05, 0.1) is 39.4 Å². The van der Waals surface area contributed by atoms with Crippen LogP contribution in [0.1, 0.15) is 32.1 Å². The number of carbonyl (C=O) groups is 1. The Hall–Kier alpha value is -2.26. The van der Waals surface area contributed by atoms with Crippen LogP contribution in [0.2, 0.25) is 0 Å². The number of hydrogen-bond donors (Lipinski definition) is 1. The Bertz CT molecular complexity index is 686. The van der Waals surface area contributed by atoms with Crippen LogP contribution >= 0.6 is 0 Å². The van der Waals surface area contributed by atoms with E-state index in [1.807, 2.05) is 19.2 Å². The van der Waals surface area contributed by atoms with Crippen molar-refractivity contribution < 1.29 is 14.4 Å². The molecule has 1 saturated carbocycles. The number of rotatable bonds is 5. The Kier molecular flexibility index (Phi) is 6.22. The maximum absolute atomic E-state index is 12.8. The van der Waals surface area contributed by atoms with E-state index < -0.39 is 5.54 Å². The minimum Gasteiger partial charge on any atom is -0.497 e. The highest BCUT2D eigenvalue weighted by Gasteiger charge is 2.40. The molecular weight excluding hydrogens is 340 g/mol. The molecule has 0 atom stereocenters. The summed E-state index contributed by atoms with van der Waals surface area (Å²) in [6.07, 6.45) is 4.87. The highest BCUT2D eigenvalue weighted by atomic mass is 16.5. The maximum atomic E-state index is 12.8. The van der Waals surface area contributed by atoms with Crippen LogP contribution in [-0.4, -0.2) is 63.2 Å². The summed E-state index contributed by atoms with van der Waals surface area (Å²) in [4.78, 5) is 18.2. The van der Waals surface area contributed by atoms with Gasteiger partial charge in [0, 0.05) is 18.8 Å². The largest absolute Gasteiger partial charge is 0.497 e. The van der Waals surface area contributed by atoms with Crippen molar-refractivity contribution in [2.75, 3.05) is 51.8 Å². The van der Waals surface area contributed by atoms with Crippen molar-refractivity contribution in [1.82, 2.24) is 4.90 Å². The lowest BCUT2D eigenvalue weighted by Gasteiger charge is -2.40. The van der Waals surface area contributed by atoms with Gasteiger partial charge in [-0.3, -0.25) is 4.79 Å². The topological polar surface area (TPSA) is 61.0 Å². The number of methoxy groups -OCH3 is 1. The lowest BCUT2D eigenvalue weighted by Crippen LogP contribution is -3.16. The fourth-order valence-electron chi connectivity index (χ4n) is 4.30. The molecule has 2 aliphatic rings. The molecule has 1 N–H and O–H groups in total. The molecule has 0 unspecified atom stereocenters. The summed E-state index contributed by atoms with van der Waals surface area (Å²) in [5.41, 5.74) is 0.583. The molecule has 146 valence electrons. The van der Waals surface area contributed by atoms with Crippen molar-refractivity contribution in [2.45, 2.75) is 37.6 Å². The number of likely N-dealkylation sites (N-methyl/N-ethyl adjacent to an activating group) is 1. The number of piperazine rings is 1. The van der Waals surface area contributed by atoms with Gasteiger partial charge in [0.25, 0.3) is 5.91 Å². The molecule has 2 fully saturated rings. The number of nitriles is 1. The van der Waals surface area contributed by atoms with Gasteiger partial charge in [-0.25, -0.2) is 0 Å². The Balaban J connectivity index is 1.54. The van der Waals surface area contributed by atoms with Crippen molar-refractivity contribution in [3.63, 3.8) is 0 Å². The summed E-state index contributed by atoms with van der Waals surface area (Å²) in [5, 5.41) is 9.70. The average molecular weight is 372 g/mol. The quantitative estimate of drug-likeness (QED) is 0.842. The van der Waals surface area contributed by atoms with E-state index in [1.54, 1.807) is 12.0 Å². The number of ether oxygens (including phenoxy) is 1. The van der Waals surface area contributed by atoms with E-state index in [0.717, 1.165) is 57.6 Å². The van der Waals surface area contributed by atoms with E-state index in [0.29, 0.717) is 6.54 Å². The van der Waals surface area contributed by atoms with Crippen molar-refractivity contribution in [3.05, 3.63) is 24.3 Å². The van der Waals surface area contributed by atoms with Crippen LogP contribution in [0.15, 0.2) is 24.3 Å². The molecule has 0 spiro atoms. The number of nitrogens with one attached hydrogen (secondary N) is 1. The molecular formula is C21H31N4O2+. The van der Waals surface area contributed by atoms with Crippen molar-refractivity contribution in [3.8, 4) is 11.8 Å². The molecule has 1 heterocycles. The van der Waals surface area contributed by atoms with Crippen molar-refractivity contribution in [2.24, 2.45) is 0 Å². The van der Waals surface area contributed by atoms with Gasteiger partial charge in [0.2, 0.25) is 0 Å². The predicted molar refractivity (Wildman–Crippen MR) is 105 cm³/mol. The Morgan fingerprint density at radius 1 is 1.30 bits per heavy atom. The third-order valence-electron chi connectivity index (χ3n) is 6.20. The number of benzene rings is 1. The monoisotopic (exact) mass is 371 g/mol. The van der Waals surface area contributed by atoms with Crippen LogP contribution in [0.5, 0.6) is 5.75 Å². The second-order valence-electron chi connectivity index (χ2n) is 7.77. The van der Waals surface area contributed by atoms with E-state index in [-0.39, 0.29) is 5.91 Å². The Morgan fingerprint density at radius 2 is 2.00 bits per heavy atom. The molecule has 1 aliphatic carbocycles. The second kappa shape index (κ2) is 8.62. The van der Waals surface area contributed by atoms with Gasteiger partial charge in [-0.2, -0.15) is 5.26 Å². The Labute approximate surface area is 162 Å². The highest BCUT2D eigenvalue weighted by molar-refractivity contribution is 5.78. The third-order valence-corrected chi connectivity index (χ3v) is 6.20. The zero-order valence-electron chi connectivity index (χ0n) is 16.5. The molecule has 1 amide bonds.